The summed E-state index contributed by atoms with van der Waals surface area (Å²) in [7, 11) is 0. The maximum Gasteiger partial charge on any atom is 0.0483 e. The minimum absolute atomic E-state index is 0.618. The quantitative estimate of drug-likeness (QED) is 0.913. The van der Waals surface area contributed by atoms with E-state index >= 15 is 0 Å². The molecule has 0 atom stereocenters. The Morgan fingerprint density at radius 2 is 1.84 bits per heavy atom. The van der Waals surface area contributed by atoms with E-state index in [-0.39, 0.29) is 0 Å². The van der Waals surface area contributed by atoms with Gasteiger partial charge in [-0.15, -0.1) is 0 Å². The van der Waals surface area contributed by atoms with Crippen LogP contribution in [-0.4, -0.2) is 29.1 Å². The Morgan fingerprint density at radius 3 is 2.63 bits per heavy atom. The minimum Gasteiger partial charge on any atom is -0.346 e. The molecule has 2 aromatic rings. The summed E-state index contributed by atoms with van der Waals surface area (Å²) >= 11 is 0. The number of rotatable bonds is 4. The molecule has 2 N–H and O–H groups in total. The molecular weight excluding hydrogens is 234 g/mol. The first-order valence-corrected chi connectivity index (χ1v) is 7.37. The Kier molecular flexibility index (Phi) is 3.85. The first kappa shape index (κ1) is 12.7. The number of aromatic nitrogens is 1. The highest BCUT2D eigenvalue weighted by molar-refractivity contribution is 5.80. The van der Waals surface area contributed by atoms with E-state index in [1.165, 1.54) is 48.8 Å². The van der Waals surface area contributed by atoms with E-state index in [1.807, 2.05) is 0 Å². The van der Waals surface area contributed by atoms with Crippen molar-refractivity contribution in [2.45, 2.75) is 32.4 Å². The zero-order chi connectivity index (χ0) is 13.1. The van der Waals surface area contributed by atoms with Gasteiger partial charge in [-0.2, -0.15) is 0 Å². The second-order valence-corrected chi connectivity index (χ2v) is 5.51. The maximum absolute atomic E-state index is 5.73. The Hall–Kier alpha value is -1.32. The van der Waals surface area contributed by atoms with Gasteiger partial charge in [-0.3, -0.25) is 0 Å². The Morgan fingerprint density at radius 1 is 1.00 bits per heavy atom. The van der Waals surface area contributed by atoms with E-state index in [0.717, 1.165) is 13.1 Å². The third-order valence-electron chi connectivity index (χ3n) is 4.18. The lowest BCUT2D eigenvalue weighted by Crippen LogP contribution is -2.32. The molecule has 0 amide bonds. The van der Waals surface area contributed by atoms with Crippen LogP contribution in [0, 0.1) is 0 Å². The van der Waals surface area contributed by atoms with E-state index < -0.39 is 0 Å². The molecule has 0 saturated carbocycles. The highest BCUT2D eigenvalue weighted by Gasteiger charge is 2.10. The van der Waals surface area contributed by atoms with Crippen LogP contribution in [0.5, 0.6) is 0 Å². The number of hydrogen-bond donors (Lipinski definition) is 1. The van der Waals surface area contributed by atoms with Crippen molar-refractivity contribution in [2.24, 2.45) is 5.73 Å². The van der Waals surface area contributed by atoms with Crippen LogP contribution in [0.3, 0.4) is 0 Å². The van der Waals surface area contributed by atoms with Gasteiger partial charge in [0.25, 0.3) is 0 Å². The van der Waals surface area contributed by atoms with Gasteiger partial charge in [0.05, 0.1) is 0 Å². The van der Waals surface area contributed by atoms with Gasteiger partial charge in [-0.1, -0.05) is 18.6 Å². The number of nitrogens with zero attached hydrogens (tertiary/aromatic N) is 2. The first-order valence-electron chi connectivity index (χ1n) is 7.37. The Balaban J connectivity index is 1.72. The Bertz CT molecular complexity index is 538. The minimum atomic E-state index is 0.618. The van der Waals surface area contributed by atoms with Crippen LogP contribution in [0.4, 0.5) is 0 Å². The molecule has 1 aromatic carbocycles. The van der Waals surface area contributed by atoms with E-state index in [2.05, 4.69) is 39.9 Å². The number of hydrogen-bond acceptors (Lipinski definition) is 2. The van der Waals surface area contributed by atoms with Crippen molar-refractivity contribution in [1.29, 1.82) is 0 Å². The number of benzene rings is 1. The highest BCUT2D eigenvalue weighted by Crippen LogP contribution is 2.18. The standard InChI is InChI=1S/C16H23N3/c17-13-14-4-5-15-6-9-19(16(15)12-14)11-10-18-7-2-1-3-8-18/h4-6,9,12H,1-3,7-8,10-11,13,17H2. The molecule has 1 aromatic heterocycles. The molecule has 0 bridgehead atoms. The third-order valence-corrected chi connectivity index (χ3v) is 4.18. The van der Waals surface area contributed by atoms with E-state index in [0.29, 0.717) is 6.54 Å². The largest absolute Gasteiger partial charge is 0.346 e. The highest BCUT2D eigenvalue weighted by atomic mass is 15.1. The molecular formula is C16H23N3. The van der Waals surface area contributed by atoms with Gasteiger partial charge < -0.3 is 15.2 Å². The lowest BCUT2D eigenvalue weighted by molar-refractivity contribution is 0.221. The number of nitrogens with two attached hydrogens (primary N) is 1. The van der Waals surface area contributed by atoms with E-state index in [4.69, 9.17) is 5.73 Å². The van der Waals surface area contributed by atoms with Crippen molar-refractivity contribution in [3.63, 3.8) is 0 Å². The molecule has 1 saturated heterocycles. The molecule has 19 heavy (non-hydrogen) atoms. The summed E-state index contributed by atoms with van der Waals surface area (Å²) in [5, 5.41) is 1.32. The molecule has 102 valence electrons. The molecule has 0 spiro atoms. The predicted octanol–water partition coefficient (Wildman–Crippen LogP) is 2.59. The summed E-state index contributed by atoms with van der Waals surface area (Å²) < 4.78 is 2.36. The van der Waals surface area contributed by atoms with E-state index in [1.54, 1.807) is 0 Å². The average Bonchev–Trinajstić information content (AvgIpc) is 2.88. The molecule has 3 heteroatoms. The van der Waals surface area contributed by atoms with Crippen LogP contribution in [0.15, 0.2) is 30.5 Å². The van der Waals surface area contributed by atoms with Crippen LogP contribution in [-0.2, 0) is 13.1 Å². The van der Waals surface area contributed by atoms with Crippen molar-refractivity contribution in [2.75, 3.05) is 19.6 Å². The van der Waals surface area contributed by atoms with Gasteiger partial charge in [0.2, 0.25) is 0 Å². The summed E-state index contributed by atoms with van der Waals surface area (Å²) in [5.41, 5.74) is 8.27. The summed E-state index contributed by atoms with van der Waals surface area (Å²) in [4.78, 5) is 2.59. The molecule has 0 radical (unpaired) electrons. The maximum atomic E-state index is 5.73. The molecule has 2 heterocycles. The van der Waals surface area contributed by atoms with Crippen LogP contribution >= 0.6 is 0 Å². The summed E-state index contributed by atoms with van der Waals surface area (Å²) in [5.74, 6) is 0. The monoisotopic (exact) mass is 257 g/mol. The van der Waals surface area contributed by atoms with Crippen LogP contribution < -0.4 is 5.73 Å². The van der Waals surface area contributed by atoms with Crippen LogP contribution in [0.2, 0.25) is 0 Å². The van der Waals surface area contributed by atoms with Crippen molar-refractivity contribution < 1.29 is 0 Å². The second-order valence-electron chi connectivity index (χ2n) is 5.51. The zero-order valence-corrected chi connectivity index (χ0v) is 11.5. The lowest BCUT2D eigenvalue weighted by atomic mass is 10.1. The van der Waals surface area contributed by atoms with Crippen molar-refractivity contribution in [3.8, 4) is 0 Å². The van der Waals surface area contributed by atoms with Gasteiger partial charge in [0.1, 0.15) is 0 Å². The van der Waals surface area contributed by atoms with Crippen molar-refractivity contribution in [1.82, 2.24) is 9.47 Å². The average molecular weight is 257 g/mol. The number of piperidine rings is 1. The normalized spacial score (nSPS) is 17.1. The molecule has 3 nitrogen and oxygen atoms in total. The molecule has 1 aliphatic rings. The molecule has 1 aliphatic heterocycles. The van der Waals surface area contributed by atoms with Gasteiger partial charge in [0, 0.05) is 31.3 Å². The SMILES string of the molecule is NCc1ccc2ccn(CCN3CCCCC3)c2c1. The molecule has 0 aliphatic carbocycles. The Labute approximate surface area is 115 Å². The van der Waals surface area contributed by atoms with Gasteiger partial charge >= 0.3 is 0 Å². The topological polar surface area (TPSA) is 34.2 Å². The summed E-state index contributed by atoms with van der Waals surface area (Å²) in [6.45, 7) is 5.40. The molecule has 3 rings (SSSR count). The fourth-order valence-corrected chi connectivity index (χ4v) is 2.98. The van der Waals surface area contributed by atoms with E-state index in [9.17, 15) is 0 Å². The molecule has 0 unspecified atom stereocenters. The zero-order valence-electron chi connectivity index (χ0n) is 11.5. The van der Waals surface area contributed by atoms with Crippen molar-refractivity contribution in [3.05, 3.63) is 36.0 Å². The third kappa shape index (κ3) is 2.82. The number of likely N-dealkylation sites (tertiary alicyclic amines) is 1. The summed E-state index contributed by atoms with van der Waals surface area (Å²) in [6, 6.07) is 8.73. The lowest BCUT2D eigenvalue weighted by Gasteiger charge is -2.26. The smallest absolute Gasteiger partial charge is 0.0483 e. The predicted molar refractivity (Wildman–Crippen MR) is 80.1 cm³/mol. The number of fused-ring (bicyclic) bond motifs is 1. The van der Waals surface area contributed by atoms with Gasteiger partial charge in [-0.25, -0.2) is 0 Å². The fraction of sp³-hybridized carbons (Fsp3) is 0.500. The van der Waals surface area contributed by atoms with Crippen molar-refractivity contribution >= 4 is 10.9 Å². The van der Waals surface area contributed by atoms with Crippen LogP contribution in [0.1, 0.15) is 24.8 Å². The second kappa shape index (κ2) is 5.76. The fourth-order valence-electron chi connectivity index (χ4n) is 2.98. The van der Waals surface area contributed by atoms with Gasteiger partial charge in [0.15, 0.2) is 0 Å². The van der Waals surface area contributed by atoms with Gasteiger partial charge in [-0.05, 0) is 49.0 Å². The van der Waals surface area contributed by atoms with Crippen LogP contribution in [0.25, 0.3) is 10.9 Å². The molecule has 1 fully saturated rings. The summed E-state index contributed by atoms with van der Waals surface area (Å²) in [6.07, 6.45) is 6.34. The first-order chi connectivity index (χ1) is 9.36.